The quantitative estimate of drug-likeness (QED) is 0.369. The average Bonchev–Trinajstić information content (AvgIpc) is 2.70. The highest BCUT2D eigenvalue weighted by atomic mass is 16.6. The van der Waals surface area contributed by atoms with Crippen LogP contribution >= 0.6 is 0 Å². The molecule has 3 aromatic carbocycles. The van der Waals surface area contributed by atoms with Crippen LogP contribution in [-0.4, -0.2) is 17.4 Å². The average molecular weight is 359 g/mol. The number of hydrogen-bond acceptors (Lipinski definition) is 6. The summed E-state index contributed by atoms with van der Waals surface area (Å²) in [6, 6.07) is 23.6. The molecule has 134 valence electrons. The maximum atomic E-state index is 11.4. The molecular formula is C20H17N5O2. The second-order valence-corrected chi connectivity index (χ2v) is 5.55. The lowest BCUT2D eigenvalue weighted by atomic mass is 10.1. The molecule has 0 amide bonds. The van der Waals surface area contributed by atoms with Crippen LogP contribution in [0.25, 0.3) is 0 Å². The van der Waals surface area contributed by atoms with E-state index in [0.717, 1.165) is 11.4 Å². The van der Waals surface area contributed by atoms with Gasteiger partial charge in [-0.2, -0.15) is 10.2 Å². The van der Waals surface area contributed by atoms with Crippen molar-refractivity contribution in [3.8, 4) is 0 Å². The van der Waals surface area contributed by atoms with E-state index in [1.165, 1.54) is 18.5 Å². The summed E-state index contributed by atoms with van der Waals surface area (Å²) in [6.07, 6.45) is 2.96. The Hall–Kier alpha value is -4.00. The fourth-order valence-electron chi connectivity index (χ4n) is 2.29. The summed E-state index contributed by atoms with van der Waals surface area (Å²) in [4.78, 5) is 10.9. The third-order valence-electron chi connectivity index (χ3n) is 3.60. The van der Waals surface area contributed by atoms with Crippen molar-refractivity contribution in [1.82, 2.24) is 0 Å². The molecule has 0 fully saturated rings. The highest BCUT2D eigenvalue weighted by molar-refractivity contribution is 5.89. The third-order valence-corrected chi connectivity index (χ3v) is 3.60. The number of benzene rings is 3. The normalized spacial score (nSPS) is 11.0. The Kier molecular flexibility index (Phi) is 5.88. The lowest BCUT2D eigenvalue weighted by Gasteiger charge is -2.02. The zero-order valence-electron chi connectivity index (χ0n) is 14.3. The SMILES string of the molecule is O=[N+]([O-])c1cc(/C=N\Nc2ccccc2)ccc1/C=N/Nc1ccccc1. The number of nitro groups is 1. The van der Waals surface area contributed by atoms with Crippen LogP contribution < -0.4 is 10.9 Å². The molecule has 0 aromatic heterocycles. The summed E-state index contributed by atoms with van der Waals surface area (Å²) in [5.74, 6) is 0. The van der Waals surface area contributed by atoms with Gasteiger partial charge < -0.3 is 0 Å². The van der Waals surface area contributed by atoms with E-state index in [1.807, 2.05) is 60.7 Å². The Morgan fingerprint density at radius 2 is 1.33 bits per heavy atom. The van der Waals surface area contributed by atoms with Gasteiger partial charge in [-0.15, -0.1) is 0 Å². The molecule has 0 atom stereocenters. The van der Waals surface area contributed by atoms with Gasteiger partial charge in [0, 0.05) is 11.6 Å². The Bertz CT molecular complexity index is 957. The van der Waals surface area contributed by atoms with Crippen LogP contribution in [0.1, 0.15) is 11.1 Å². The van der Waals surface area contributed by atoms with Crippen molar-refractivity contribution in [2.75, 3.05) is 10.9 Å². The monoisotopic (exact) mass is 359 g/mol. The minimum Gasteiger partial charge on any atom is -0.279 e. The van der Waals surface area contributed by atoms with Gasteiger partial charge >= 0.3 is 0 Å². The van der Waals surface area contributed by atoms with E-state index < -0.39 is 4.92 Å². The molecule has 27 heavy (non-hydrogen) atoms. The van der Waals surface area contributed by atoms with Crippen LogP contribution in [0.2, 0.25) is 0 Å². The van der Waals surface area contributed by atoms with E-state index in [0.29, 0.717) is 11.1 Å². The van der Waals surface area contributed by atoms with Crippen LogP contribution in [0.3, 0.4) is 0 Å². The number of nitrogens with zero attached hydrogens (tertiary/aromatic N) is 3. The second-order valence-electron chi connectivity index (χ2n) is 5.55. The van der Waals surface area contributed by atoms with Gasteiger partial charge in [0.15, 0.2) is 0 Å². The lowest BCUT2D eigenvalue weighted by molar-refractivity contribution is -0.385. The minimum absolute atomic E-state index is 0.0442. The zero-order chi connectivity index (χ0) is 18.9. The van der Waals surface area contributed by atoms with Gasteiger partial charge in [-0.3, -0.25) is 21.0 Å². The van der Waals surface area contributed by atoms with E-state index in [9.17, 15) is 10.1 Å². The molecule has 0 saturated heterocycles. The number of anilines is 2. The summed E-state index contributed by atoms with van der Waals surface area (Å²) in [6.45, 7) is 0. The molecule has 0 saturated carbocycles. The second kappa shape index (κ2) is 8.91. The van der Waals surface area contributed by atoms with Crippen molar-refractivity contribution in [2.24, 2.45) is 10.2 Å². The highest BCUT2D eigenvalue weighted by Gasteiger charge is 2.12. The molecule has 0 heterocycles. The first-order valence-electron chi connectivity index (χ1n) is 8.19. The van der Waals surface area contributed by atoms with Gasteiger partial charge in [0.25, 0.3) is 5.69 Å². The smallest absolute Gasteiger partial charge is 0.278 e. The number of nitrogens with one attached hydrogen (secondary N) is 2. The van der Waals surface area contributed by atoms with E-state index in [-0.39, 0.29) is 5.69 Å². The van der Waals surface area contributed by atoms with Crippen LogP contribution in [0.4, 0.5) is 17.1 Å². The molecule has 0 aliphatic rings. The molecule has 0 radical (unpaired) electrons. The largest absolute Gasteiger partial charge is 0.279 e. The number of nitro benzene ring substituents is 1. The van der Waals surface area contributed by atoms with Gasteiger partial charge in [0.1, 0.15) is 0 Å². The summed E-state index contributed by atoms with van der Waals surface area (Å²) >= 11 is 0. The topological polar surface area (TPSA) is 91.9 Å². The summed E-state index contributed by atoms with van der Waals surface area (Å²) in [5.41, 5.74) is 8.30. The molecule has 7 heteroatoms. The van der Waals surface area contributed by atoms with Crippen molar-refractivity contribution in [1.29, 1.82) is 0 Å². The molecule has 0 aliphatic carbocycles. The first kappa shape index (κ1) is 17.8. The Labute approximate surface area is 156 Å². The predicted octanol–water partition coefficient (Wildman–Crippen LogP) is 4.49. The van der Waals surface area contributed by atoms with Crippen LogP contribution in [0, 0.1) is 10.1 Å². The molecule has 3 aromatic rings. The van der Waals surface area contributed by atoms with Gasteiger partial charge in [-0.1, -0.05) is 42.5 Å². The maximum Gasteiger partial charge on any atom is 0.278 e. The zero-order valence-corrected chi connectivity index (χ0v) is 14.3. The van der Waals surface area contributed by atoms with Gasteiger partial charge in [-0.05, 0) is 30.3 Å². The standard InChI is InChI=1S/C20H17N5O2/c26-25(27)20-13-16(14-21-23-18-7-3-1-4-8-18)11-12-17(20)15-22-24-19-9-5-2-6-10-19/h1-15,23-24H/b21-14-,22-15+. The summed E-state index contributed by atoms with van der Waals surface area (Å²) in [7, 11) is 0. The number of rotatable bonds is 7. The highest BCUT2D eigenvalue weighted by Crippen LogP contribution is 2.18. The number of hydrazone groups is 2. The van der Waals surface area contributed by atoms with Gasteiger partial charge in [-0.25, -0.2) is 0 Å². The van der Waals surface area contributed by atoms with Crippen LogP contribution in [0.15, 0.2) is 89.1 Å². The van der Waals surface area contributed by atoms with E-state index in [2.05, 4.69) is 21.1 Å². The predicted molar refractivity (Wildman–Crippen MR) is 108 cm³/mol. The van der Waals surface area contributed by atoms with Crippen molar-refractivity contribution in [3.05, 3.63) is 100 Å². The van der Waals surface area contributed by atoms with Gasteiger partial charge in [0.2, 0.25) is 0 Å². The molecule has 0 spiro atoms. The van der Waals surface area contributed by atoms with Crippen molar-refractivity contribution in [3.63, 3.8) is 0 Å². The van der Waals surface area contributed by atoms with E-state index in [4.69, 9.17) is 0 Å². The first-order chi connectivity index (χ1) is 13.2. The van der Waals surface area contributed by atoms with Crippen LogP contribution in [-0.2, 0) is 0 Å². The van der Waals surface area contributed by atoms with E-state index in [1.54, 1.807) is 12.1 Å². The number of hydrogen-bond donors (Lipinski definition) is 2. The Morgan fingerprint density at radius 3 is 1.89 bits per heavy atom. The fraction of sp³-hybridized carbons (Fsp3) is 0. The fourth-order valence-corrected chi connectivity index (χ4v) is 2.29. The Balaban J connectivity index is 1.71. The van der Waals surface area contributed by atoms with Crippen molar-refractivity contribution >= 4 is 29.5 Å². The van der Waals surface area contributed by atoms with Gasteiger partial charge in [0.05, 0.1) is 34.3 Å². The molecule has 7 nitrogen and oxygen atoms in total. The van der Waals surface area contributed by atoms with Crippen molar-refractivity contribution in [2.45, 2.75) is 0 Å². The molecule has 0 aliphatic heterocycles. The minimum atomic E-state index is -0.439. The summed E-state index contributed by atoms with van der Waals surface area (Å²) < 4.78 is 0. The molecule has 3 rings (SSSR count). The Morgan fingerprint density at radius 1 is 0.778 bits per heavy atom. The van der Waals surface area contributed by atoms with Crippen molar-refractivity contribution < 1.29 is 4.92 Å². The van der Waals surface area contributed by atoms with Crippen LogP contribution in [0.5, 0.6) is 0 Å². The van der Waals surface area contributed by atoms with E-state index >= 15 is 0 Å². The molecular weight excluding hydrogens is 342 g/mol. The molecule has 0 bridgehead atoms. The summed E-state index contributed by atoms with van der Waals surface area (Å²) in [5, 5.41) is 19.5. The third kappa shape index (κ3) is 5.23. The molecule has 2 N–H and O–H groups in total. The first-order valence-corrected chi connectivity index (χ1v) is 8.19. The molecule has 0 unspecified atom stereocenters. The lowest BCUT2D eigenvalue weighted by Crippen LogP contribution is -1.98. The maximum absolute atomic E-state index is 11.4. The number of para-hydroxylation sites is 2.